The molecule has 0 saturated heterocycles. The second-order valence-electron chi connectivity index (χ2n) is 7.27. The largest absolute Gasteiger partial charge is 0.744 e. The Kier molecular flexibility index (Phi) is 4.50. The van der Waals surface area contributed by atoms with Crippen LogP contribution in [0.4, 0.5) is 5.69 Å². The molecular weight excluding hydrogens is 390 g/mol. The summed E-state index contributed by atoms with van der Waals surface area (Å²) in [6.45, 7) is 8.68. The highest BCUT2D eigenvalue weighted by Gasteiger charge is 2.44. The third-order valence-corrected chi connectivity index (χ3v) is 7.00. The second-order valence-corrected chi connectivity index (χ2v) is 10.0. The SMILES string of the molecule is CCC[N+]1=C(C)C(C)(C)c2c1ccc1c(S(=O)(=O)[O-])cc(S(=O)(=O)O)cc21. The van der Waals surface area contributed by atoms with Crippen molar-refractivity contribution >= 4 is 42.4 Å². The highest BCUT2D eigenvalue weighted by molar-refractivity contribution is 7.86. The average molecular weight is 412 g/mol. The first-order valence-electron chi connectivity index (χ1n) is 8.46. The van der Waals surface area contributed by atoms with Crippen molar-refractivity contribution in [2.24, 2.45) is 0 Å². The first kappa shape index (κ1) is 19.9. The standard InChI is InChI=1S/C18H21NO6S2/c1-5-8-19-11(2)18(3,4)17-14-9-12(26(20,21)22)10-16(27(23,24)25)13(14)6-7-15(17)19/h6-7,9-10H,5,8H2,1-4H3,(H-,20,21,22,23,24,25). The number of benzene rings is 2. The lowest BCUT2D eigenvalue weighted by atomic mass is 9.80. The summed E-state index contributed by atoms with van der Waals surface area (Å²) in [6, 6.07) is 5.23. The van der Waals surface area contributed by atoms with Crippen molar-refractivity contribution in [3.63, 3.8) is 0 Å². The lowest BCUT2D eigenvalue weighted by Crippen LogP contribution is -2.26. The van der Waals surface area contributed by atoms with E-state index in [0.717, 1.165) is 29.9 Å². The number of hydrogen-bond acceptors (Lipinski definition) is 5. The van der Waals surface area contributed by atoms with Gasteiger partial charge >= 0.3 is 0 Å². The van der Waals surface area contributed by atoms with Crippen molar-refractivity contribution in [2.75, 3.05) is 6.54 Å². The van der Waals surface area contributed by atoms with Gasteiger partial charge in [0.25, 0.3) is 10.1 Å². The van der Waals surface area contributed by atoms with Crippen molar-refractivity contribution in [2.45, 2.75) is 49.3 Å². The Morgan fingerprint density at radius 3 is 2.26 bits per heavy atom. The van der Waals surface area contributed by atoms with Crippen LogP contribution in [-0.2, 0) is 25.7 Å². The van der Waals surface area contributed by atoms with E-state index in [2.05, 4.69) is 4.58 Å². The maximum atomic E-state index is 11.8. The molecule has 2 aromatic carbocycles. The van der Waals surface area contributed by atoms with Crippen molar-refractivity contribution < 1.29 is 30.5 Å². The molecule has 2 aromatic rings. The van der Waals surface area contributed by atoms with E-state index in [1.807, 2.05) is 27.7 Å². The van der Waals surface area contributed by atoms with Crippen LogP contribution in [0.1, 0.15) is 39.7 Å². The summed E-state index contributed by atoms with van der Waals surface area (Å²) >= 11 is 0. The van der Waals surface area contributed by atoms with Crippen LogP contribution in [0, 0.1) is 0 Å². The van der Waals surface area contributed by atoms with Gasteiger partial charge in [-0.3, -0.25) is 4.55 Å². The molecule has 146 valence electrons. The summed E-state index contributed by atoms with van der Waals surface area (Å²) < 4.78 is 70.3. The van der Waals surface area contributed by atoms with Gasteiger partial charge in [0, 0.05) is 30.4 Å². The van der Waals surface area contributed by atoms with Gasteiger partial charge in [-0.25, -0.2) is 8.42 Å². The third-order valence-electron chi connectivity index (χ3n) is 5.29. The minimum Gasteiger partial charge on any atom is -0.744 e. The van der Waals surface area contributed by atoms with Crippen LogP contribution >= 0.6 is 0 Å². The van der Waals surface area contributed by atoms with Gasteiger partial charge in [0.2, 0.25) is 5.69 Å². The normalized spacial score (nSPS) is 16.8. The Balaban J connectivity index is 2.54. The van der Waals surface area contributed by atoms with Gasteiger partial charge in [0.1, 0.15) is 16.7 Å². The van der Waals surface area contributed by atoms with E-state index in [4.69, 9.17) is 0 Å². The van der Waals surface area contributed by atoms with Crippen LogP contribution in [0.2, 0.25) is 0 Å². The third kappa shape index (κ3) is 3.08. The Hall–Kier alpha value is -1.81. The molecule has 1 aliphatic rings. The fourth-order valence-electron chi connectivity index (χ4n) is 3.81. The first-order chi connectivity index (χ1) is 12.3. The van der Waals surface area contributed by atoms with Crippen molar-refractivity contribution in [3.05, 3.63) is 29.8 Å². The fraction of sp³-hybridized carbons (Fsp3) is 0.389. The predicted molar refractivity (Wildman–Crippen MR) is 101 cm³/mol. The summed E-state index contributed by atoms with van der Waals surface area (Å²) in [5.74, 6) is 0. The average Bonchev–Trinajstić information content (AvgIpc) is 2.73. The molecule has 1 heterocycles. The van der Waals surface area contributed by atoms with Gasteiger partial charge in [-0.2, -0.15) is 13.0 Å². The van der Waals surface area contributed by atoms with E-state index in [9.17, 15) is 25.9 Å². The van der Waals surface area contributed by atoms with Crippen LogP contribution in [0.25, 0.3) is 10.8 Å². The van der Waals surface area contributed by atoms with E-state index < -0.39 is 35.4 Å². The minimum absolute atomic E-state index is 0.148. The second kappa shape index (κ2) is 6.10. The molecule has 0 fully saturated rings. The molecule has 27 heavy (non-hydrogen) atoms. The van der Waals surface area contributed by atoms with Crippen LogP contribution in [-0.4, -0.2) is 42.8 Å². The predicted octanol–water partition coefficient (Wildman–Crippen LogP) is 2.80. The summed E-state index contributed by atoms with van der Waals surface area (Å²) in [5.41, 5.74) is 2.11. The Morgan fingerprint density at radius 2 is 1.74 bits per heavy atom. The van der Waals surface area contributed by atoms with Crippen LogP contribution in [0.15, 0.2) is 34.1 Å². The molecule has 0 amide bonds. The molecule has 0 radical (unpaired) electrons. The van der Waals surface area contributed by atoms with E-state index in [1.165, 1.54) is 12.1 Å². The van der Waals surface area contributed by atoms with Gasteiger partial charge < -0.3 is 4.55 Å². The summed E-state index contributed by atoms with van der Waals surface area (Å²) in [4.78, 5) is -1.27. The highest BCUT2D eigenvalue weighted by Crippen LogP contribution is 2.45. The first-order valence-corrected chi connectivity index (χ1v) is 11.3. The molecule has 3 rings (SSSR count). The maximum Gasteiger partial charge on any atom is 0.294 e. The van der Waals surface area contributed by atoms with Crippen molar-refractivity contribution in [1.29, 1.82) is 0 Å². The van der Waals surface area contributed by atoms with Crippen molar-refractivity contribution in [3.8, 4) is 0 Å². The number of rotatable bonds is 4. The molecule has 0 saturated carbocycles. The molecule has 0 bridgehead atoms. The molecule has 0 spiro atoms. The molecule has 0 aliphatic carbocycles. The lowest BCUT2D eigenvalue weighted by molar-refractivity contribution is -0.438. The summed E-state index contributed by atoms with van der Waals surface area (Å²) in [5, 5.41) is 0.482. The van der Waals surface area contributed by atoms with Crippen molar-refractivity contribution in [1.82, 2.24) is 0 Å². The zero-order valence-corrected chi connectivity index (χ0v) is 17.1. The van der Waals surface area contributed by atoms with E-state index in [-0.39, 0.29) is 5.39 Å². The number of hydrogen-bond donors (Lipinski definition) is 1. The monoisotopic (exact) mass is 411 g/mol. The lowest BCUT2D eigenvalue weighted by Gasteiger charge is -2.19. The molecule has 0 aromatic heterocycles. The Labute approximate surface area is 158 Å². The van der Waals surface area contributed by atoms with Gasteiger partial charge in [-0.05, 0) is 37.4 Å². The summed E-state index contributed by atoms with van der Waals surface area (Å²) in [7, 11) is -9.64. The molecule has 0 atom stereocenters. The quantitative estimate of drug-likeness (QED) is 0.611. The summed E-state index contributed by atoms with van der Waals surface area (Å²) in [6.07, 6.45) is 0.885. The fourth-order valence-corrected chi connectivity index (χ4v) is 5.14. The van der Waals surface area contributed by atoms with Gasteiger partial charge in [-0.15, -0.1) is 0 Å². The van der Waals surface area contributed by atoms with Gasteiger partial charge in [0.05, 0.1) is 15.2 Å². The number of nitrogens with zero attached hydrogens (tertiary/aromatic N) is 1. The Morgan fingerprint density at radius 1 is 1.11 bits per heavy atom. The smallest absolute Gasteiger partial charge is 0.294 e. The minimum atomic E-state index is -4.95. The molecule has 1 N–H and O–H groups in total. The number of fused-ring (bicyclic) bond motifs is 3. The Bertz CT molecular complexity index is 1210. The van der Waals surface area contributed by atoms with E-state index in [0.29, 0.717) is 11.5 Å². The maximum absolute atomic E-state index is 11.8. The zero-order chi connectivity index (χ0) is 20.4. The van der Waals surface area contributed by atoms with Crippen LogP contribution in [0.5, 0.6) is 0 Å². The molecule has 0 unspecified atom stereocenters. The van der Waals surface area contributed by atoms with E-state index >= 15 is 0 Å². The van der Waals surface area contributed by atoms with Crippen LogP contribution < -0.4 is 0 Å². The molecular formula is C18H21NO6S2. The van der Waals surface area contributed by atoms with Gasteiger partial charge in [0.15, 0.2) is 5.71 Å². The molecule has 7 nitrogen and oxygen atoms in total. The topological polar surface area (TPSA) is 115 Å². The van der Waals surface area contributed by atoms with Gasteiger partial charge in [-0.1, -0.05) is 6.92 Å². The molecule has 9 heteroatoms. The van der Waals surface area contributed by atoms with E-state index in [1.54, 1.807) is 6.07 Å². The highest BCUT2D eigenvalue weighted by atomic mass is 32.2. The zero-order valence-electron chi connectivity index (χ0n) is 15.5. The molecule has 1 aliphatic heterocycles. The van der Waals surface area contributed by atoms with Crippen LogP contribution in [0.3, 0.4) is 0 Å².